The summed E-state index contributed by atoms with van der Waals surface area (Å²) in [6.07, 6.45) is -0.429. The van der Waals surface area contributed by atoms with Gasteiger partial charge in [-0.2, -0.15) is 0 Å². The SMILES string of the molecule is CC(C)(C)OC(=O)N1CCNCC1c1ccc(Cl)c([N+](=O)[O-])c1. The van der Waals surface area contributed by atoms with E-state index in [4.69, 9.17) is 16.3 Å². The van der Waals surface area contributed by atoms with Gasteiger partial charge in [-0.15, -0.1) is 0 Å². The quantitative estimate of drug-likeness (QED) is 0.660. The number of rotatable bonds is 2. The van der Waals surface area contributed by atoms with E-state index in [1.54, 1.807) is 31.7 Å². The number of nitrogens with zero attached hydrogens (tertiary/aromatic N) is 2. The van der Waals surface area contributed by atoms with Crippen molar-refractivity contribution in [1.29, 1.82) is 0 Å². The van der Waals surface area contributed by atoms with Gasteiger partial charge in [-0.3, -0.25) is 15.0 Å². The van der Waals surface area contributed by atoms with E-state index in [-0.39, 0.29) is 16.8 Å². The monoisotopic (exact) mass is 341 g/mol. The summed E-state index contributed by atoms with van der Waals surface area (Å²) < 4.78 is 5.43. The van der Waals surface area contributed by atoms with Gasteiger partial charge in [0.25, 0.3) is 5.69 Å². The van der Waals surface area contributed by atoms with Crippen LogP contribution >= 0.6 is 11.6 Å². The molecule has 8 heteroatoms. The van der Waals surface area contributed by atoms with E-state index in [1.165, 1.54) is 12.1 Å². The number of ether oxygens (including phenoxy) is 1. The van der Waals surface area contributed by atoms with E-state index in [0.717, 1.165) is 0 Å². The molecule has 1 N–H and O–H groups in total. The van der Waals surface area contributed by atoms with Crippen LogP contribution in [0.2, 0.25) is 5.02 Å². The van der Waals surface area contributed by atoms with Crippen LogP contribution in [0.5, 0.6) is 0 Å². The van der Waals surface area contributed by atoms with Crippen LogP contribution in [0.4, 0.5) is 10.5 Å². The molecule has 1 aliphatic heterocycles. The van der Waals surface area contributed by atoms with Gasteiger partial charge in [-0.1, -0.05) is 17.7 Å². The number of piperazine rings is 1. The fraction of sp³-hybridized carbons (Fsp3) is 0.533. The van der Waals surface area contributed by atoms with Crippen LogP contribution in [0.3, 0.4) is 0 Å². The van der Waals surface area contributed by atoms with Crippen molar-refractivity contribution in [3.8, 4) is 0 Å². The maximum Gasteiger partial charge on any atom is 0.410 e. The normalized spacial score (nSPS) is 18.6. The van der Waals surface area contributed by atoms with Crippen molar-refractivity contribution in [2.75, 3.05) is 19.6 Å². The predicted octanol–water partition coefficient (Wildman–Crippen LogP) is 3.13. The van der Waals surface area contributed by atoms with Crippen molar-refractivity contribution in [3.63, 3.8) is 0 Å². The van der Waals surface area contributed by atoms with Crippen LogP contribution in [-0.2, 0) is 4.74 Å². The van der Waals surface area contributed by atoms with Crippen LogP contribution in [-0.4, -0.2) is 41.2 Å². The van der Waals surface area contributed by atoms with E-state index in [2.05, 4.69) is 5.32 Å². The molecule has 1 amide bonds. The van der Waals surface area contributed by atoms with E-state index in [1.807, 2.05) is 0 Å². The van der Waals surface area contributed by atoms with Crippen LogP contribution in [0, 0.1) is 10.1 Å². The van der Waals surface area contributed by atoms with Gasteiger partial charge in [0.15, 0.2) is 0 Å². The van der Waals surface area contributed by atoms with E-state index >= 15 is 0 Å². The van der Waals surface area contributed by atoms with Crippen molar-refractivity contribution in [2.24, 2.45) is 0 Å². The molecule has 1 atom stereocenters. The summed E-state index contributed by atoms with van der Waals surface area (Å²) in [5.74, 6) is 0. The molecule has 2 rings (SSSR count). The lowest BCUT2D eigenvalue weighted by atomic mass is 10.0. The minimum absolute atomic E-state index is 0.0753. The van der Waals surface area contributed by atoms with Gasteiger partial charge < -0.3 is 10.1 Å². The molecule has 0 bridgehead atoms. The minimum Gasteiger partial charge on any atom is -0.444 e. The fourth-order valence-electron chi connectivity index (χ4n) is 2.42. The first kappa shape index (κ1) is 17.5. The number of amides is 1. The highest BCUT2D eigenvalue weighted by atomic mass is 35.5. The largest absolute Gasteiger partial charge is 0.444 e. The molecule has 0 spiro atoms. The molecule has 126 valence electrons. The van der Waals surface area contributed by atoms with Crippen molar-refractivity contribution in [2.45, 2.75) is 32.4 Å². The lowest BCUT2D eigenvalue weighted by Crippen LogP contribution is -2.50. The number of halogens is 1. The zero-order chi connectivity index (χ0) is 17.2. The molecule has 0 aliphatic carbocycles. The molecule has 23 heavy (non-hydrogen) atoms. The number of hydrogen-bond donors (Lipinski definition) is 1. The summed E-state index contributed by atoms with van der Waals surface area (Å²) in [6, 6.07) is 4.26. The summed E-state index contributed by atoms with van der Waals surface area (Å²) >= 11 is 5.85. The van der Waals surface area contributed by atoms with Gasteiger partial charge in [-0.25, -0.2) is 4.79 Å². The summed E-state index contributed by atoms with van der Waals surface area (Å²) in [7, 11) is 0. The highest BCUT2D eigenvalue weighted by Gasteiger charge is 2.32. The van der Waals surface area contributed by atoms with Gasteiger partial charge in [0.05, 0.1) is 11.0 Å². The van der Waals surface area contributed by atoms with Gasteiger partial charge >= 0.3 is 6.09 Å². The number of nitro groups is 1. The highest BCUT2D eigenvalue weighted by Crippen LogP contribution is 2.31. The van der Waals surface area contributed by atoms with Crippen molar-refractivity contribution in [1.82, 2.24) is 10.2 Å². The molecule has 0 radical (unpaired) electrons. The molecule has 1 aromatic rings. The van der Waals surface area contributed by atoms with Crippen molar-refractivity contribution >= 4 is 23.4 Å². The zero-order valence-electron chi connectivity index (χ0n) is 13.3. The Labute approximate surface area is 139 Å². The Hall–Kier alpha value is -1.86. The minimum atomic E-state index is -0.599. The van der Waals surface area contributed by atoms with Crippen LogP contribution < -0.4 is 5.32 Å². The maximum atomic E-state index is 12.4. The Bertz CT molecular complexity index is 615. The molecule has 1 unspecified atom stereocenters. The van der Waals surface area contributed by atoms with Crippen molar-refractivity contribution < 1.29 is 14.5 Å². The molecular formula is C15H20ClN3O4. The lowest BCUT2D eigenvalue weighted by Gasteiger charge is -2.37. The first-order valence-corrected chi connectivity index (χ1v) is 7.71. The highest BCUT2D eigenvalue weighted by molar-refractivity contribution is 6.32. The van der Waals surface area contributed by atoms with Crippen molar-refractivity contribution in [3.05, 3.63) is 38.9 Å². The smallest absolute Gasteiger partial charge is 0.410 e. The third-order valence-corrected chi connectivity index (χ3v) is 3.74. The number of carbonyl (C=O) groups excluding carboxylic acids is 1. The second kappa shape index (κ2) is 6.72. The lowest BCUT2D eigenvalue weighted by molar-refractivity contribution is -0.384. The fourth-order valence-corrected chi connectivity index (χ4v) is 2.60. The molecule has 1 aromatic carbocycles. The zero-order valence-corrected chi connectivity index (χ0v) is 14.1. The van der Waals surface area contributed by atoms with Crippen LogP contribution in [0.25, 0.3) is 0 Å². The number of nitro benzene ring substituents is 1. The Kier molecular flexibility index (Phi) is 5.11. The summed E-state index contributed by atoms with van der Waals surface area (Å²) in [5, 5.41) is 14.3. The number of benzene rings is 1. The van der Waals surface area contributed by atoms with Gasteiger partial charge in [0.1, 0.15) is 10.6 Å². The third kappa shape index (κ3) is 4.33. The van der Waals surface area contributed by atoms with Crippen LogP contribution in [0.15, 0.2) is 18.2 Å². The topological polar surface area (TPSA) is 84.7 Å². The van der Waals surface area contributed by atoms with Gasteiger partial charge in [-0.05, 0) is 32.4 Å². The van der Waals surface area contributed by atoms with E-state index in [9.17, 15) is 14.9 Å². The number of carbonyl (C=O) groups is 1. The molecule has 1 fully saturated rings. The average Bonchev–Trinajstić information content (AvgIpc) is 2.45. The molecule has 1 saturated heterocycles. The summed E-state index contributed by atoms with van der Waals surface area (Å²) in [4.78, 5) is 24.5. The van der Waals surface area contributed by atoms with Gasteiger partial charge in [0.2, 0.25) is 0 Å². The molecule has 0 saturated carbocycles. The predicted molar refractivity (Wildman–Crippen MR) is 86.7 cm³/mol. The average molecular weight is 342 g/mol. The number of nitrogens with one attached hydrogen (secondary N) is 1. The molecule has 7 nitrogen and oxygen atoms in total. The Balaban J connectivity index is 2.30. The van der Waals surface area contributed by atoms with Gasteiger partial charge in [0, 0.05) is 25.7 Å². The summed E-state index contributed by atoms with van der Waals surface area (Å²) in [6.45, 7) is 7.01. The Morgan fingerprint density at radius 3 is 2.78 bits per heavy atom. The number of hydrogen-bond acceptors (Lipinski definition) is 5. The second-order valence-electron chi connectivity index (χ2n) is 6.36. The first-order chi connectivity index (χ1) is 10.7. The van der Waals surface area contributed by atoms with E-state index < -0.39 is 16.6 Å². The molecule has 1 heterocycles. The summed E-state index contributed by atoms with van der Waals surface area (Å²) in [5.41, 5.74) is -0.114. The molecule has 1 aliphatic rings. The first-order valence-electron chi connectivity index (χ1n) is 7.33. The Morgan fingerprint density at radius 2 is 2.17 bits per heavy atom. The van der Waals surface area contributed by atoms with Crippen LogP contribution in [0.1, 0.15) is 32.4 Å². The Morgan fingerprint density at radius 1 is 1.48 bits per heavy atom. The maximum absolute atomic E-state index is 12.4. The third-order valence-electron chi connectivity index (χ3n) is 3.42. The van der Waals surface area contributed by atoms with E-state index in [0.29, 0.717) is 25.2 Å². The molecular weight excluding hydrogens is 322 g/mol. The molecule has 0 aromatic heterocycles. The standard InChI is InChI=1S/C15H20ClN3O4/c1-15(2,3)23-14(20)18-7-6-17-9-13(18)10-4-5-11(16)12(8-10)19(21)22/h4-5,8,13,17H,6-7,9H2,1-3H3. The second-order valence-corrected chi connectivity index (χ2v) is 6.77.